The second kappa shape index (κ2) is 7.84. The Hall–Kier alpha value is -1.14. The molecular formula is C24H38N2O3. The Morgan fingerprint density at radius 2 is 2.00 bits per heavy atom. The van der Waals surface area contributed by atoms with Crippen LogP contribution in [0.3, 0.4) is 0 Å². The summed E-state index contributed by atoms with van der Waals surface area (Å²) < 4.78 is 5.49. The number of nitrogens with one attached hydrogen (secondary N) is 1. The maximum atomic E-state index is 11.0. The van der Waals surface area contributed by atoms with Gasteiger partial charge in [0.2, 0.25) is 0 Å². The zero-order valence-corrected chi connectivity index (χ0v) is 17.9. The van der Waals surface area contributed by atoms with Crippen molar-refractivity contribution in [3.8, 4) is 0 Å². The topological polar surface area (TPSA) is 91.7 Å². The first-order chi connectivity index (χ1) is 13.8. The van der Waals surface area contributed by atoms with Crippen molar-refractivity contribution in [3.63, 3.8) is 0 Å². The maximum absolute atomic E-state index is 11.0. The second-order valence-corrected chi connectivity index (χ2v) is 10.4. The number of hydrogen-bond acceptors (Lipinski definition) is 5. The van der Waals surface area contributed by atoms with Gasteiger partial charge in [-0.15, -0.1) is 0 Å². The first-order valence-corrected chi connectivity index (χ1v) is 11.3. The van der Waals surface area contributed by atoms with Crippen molar-refractivity contribution in [2.75, 3.05) is 6.54 Å². The number of nitrogens with two attached hydrogens (primary N) is 1. The molecule has 0 amide bonds. The predicted molar refractivity (Wildman–Crippen MR) is 114 cm³/mol. The summed E-state index contributed by atoms with van der Waals surface area (Å²) in [6.45, 7) is 10.6. The summed E-state index contributed by atoms with van der Waals surface area (Å²) in [5.74, 6) is 2.25. The molecule has 3 saturated carbocycles. The van der Waals surface area contributed by atoms with Gasteiger partial charge in [-0.1, -0.05) is 26.0 Å². The third kappa shape index (κ3) is 3.60. The van der Waals surface area contributed by atoms with Crippen molar-refractivity contribution >= 4 is 0 Å². The van der Waals surface area contributed by atoms with Crippen molar-refractivity contribution in [1.82, 2.24) is 5.32 Å². The van der Waals surface area contributed by atoms with Crippen molar-refractivity contribution in [2.24, 2.45) is 34.3 Å². The van der Waals surface area contributed by atoms with Crippen LogP contribution in [0.25, 0.3) is 0 Å². The van der Waals surface area contributed by atoms with E-state index in [0.29, 0.717) is 30.7 Å². The molecule has 3 unspecified atom stereocenters. The van der Waals surface area contributed by atoms with E-state index in [9.17, 15) is 10.2 Å². The molecule has 3 aliphatic carbocycles. The highest BCUT2D eigenvalue weighted by atomic mass is 16.3. The number of hydrogen-bond donors (Lipinski definition) is 4. The van der Waals surface area contributed by atoms with Crippen LogP contribution >= 0.6 is 0 Å². The molecule has 1 heterocycles. The highest BCUT2D eigenvalue weighted by Gasteiger charge is 2.58. The monoisotopic (exact) mass is 402 g/mol. The van der Waals surface area contributed by atoms with E-state index in [1.165, 1.54) is 5.57 Å². The number of rotatable bonds is 5. The van der Waals surface area contributed by atoms with Crippen LogP contribution in [0.15, 0.2) is 35.0 Å². The maximum Gasteiger partial charge on any atom is 0.117 e. The Bertz CT molecular complexity index is 720. The van der Waals surface area contributed by atoms with E-state index in [4.69, 9.17) is 10.2 Å². The first kappa shape index (κ1) is 21.1. The summed E-state index contributed by atoms with van der Waals surface area (Å²) in [7, 11) is 0. The molecule has 3 fully saturated rings. The van der Waals surface area contributed by atoms with Crippen LogP contribution in [0.5, 0.6) is 0 Å². The summed E-state index contributed by atoms with van der Waals surface area (Å²) in [5.41, 5.74) is 7.61. The zero-order valence-electron chi connectivity index (χ0n) is 17.9. The molecule has 5 N–H and O–H groups in total. The highest BCUT2D eigenvalue weighted by Crippen LogP contribution is 2.62. The van der Waals surface area contributed by atoms with E-state index in [1.54, 1.807) is 6.26 Å². The van der Waals surface area contributed by atoms with Gasteiger partial charge in [-0.3, -0.25) is 0 Å². The minimum Gasteiger partial charge on any atom is -0.468 e. The van der Waals surface area contributed by atoms with Crippen molar-refractivity contribution in [1.29, 1.82) is 0 Å². The van der Waals surface area contributed by atoms with E-state index in [1.807, 2.05) is 12.1 Å². The Morgan fingerprint density at radius 1 is 1.21 bits per heavy atom. The average molecular weight is 403 g/mol. The molecule has 0 aromatic carbocycles. The number of aliphatic hydroxyl groups is 2. The van der Waals surface area contributed by atoms with Crippen molar-refractivity contribution < 1.29 is 14.6 Å². The average Bonchev–Trinajstić information content (AvgIpc) is 3.27. The Morgan fingerprint density at radius 3 is 2.69 bits per heavy atom. The fourth-order valence-electron chi connectivity index (χ4n) is 6.88. The van der Waals surface area contributed by atoms with Gasteiger partial charge in [0.1, 0.15) is 5.76 Å². The summed E-state index contributed by atoms with van der Waals surface area (Å²) in [4.78, 5) is 0. The van der Waals surface area contributed by atoms with E-state index >= 15 is 0 Å². The SMILES string of the molecule is C=C1C(N)CC2[C@H](CNCc3ccco3)C([C@@]3(C)CC[C@H](O)C[C@@H]3O)CC[C@]12C. The lowest BCUT2D eigenvalue weighted by molar-refractivity contribution is -0.118. The molecule has 5 heteroatoms. The third-order valence-corrected chi connectivity index (χ3v) is 8.89. The molecule has 4 rings (SSSR count). The smallest absolute Gasteiger partial charge is 0.117 e. The standard InChI is InChI=1S/C24H38N2O3/c1-15-21(25)12-20-18(14-26-13-17-5-4-10-29-17)19(7-9-23(15,20)2)24(3)8-6-16(27)11-22(24)28/h4-5,10,16,18-22,26-28H,1,6-9,11-14,25H2,2-3H3/t16-,18+,19?,20?,21?,22-,23+,24+/m0/s1. The summed E-state index contributed by atoms with van der Waals surface area (Å²) in [6, 6.07) is 3.99. The molecule has 0 saturated heterocycles. The van der Waals surface area contributed by atoms with E-state index in [-0.39, 0.29) is 23.0 Å². The van der Waals surface area contributed by atoms with Gasteiger partial charge in [-0.2, -0.15) is 0 Å². The second-order valence-electron chi connectivity index (χ2n) is 10.4. The van der Waals surface area contributed by atoms with Gasteiger partial charge in [-0.05, 0) is 85.8 Å². The third-order valence-electron chi connectivity index (χ3n) is 8.89. The number of fused-ring (bicyclic) bond motifs is 1. The van der Waals surface area contributed by atoms with E-state index < -0.39 is 6.10 Å². The van der Waals surface area contributed by atoms with Crippen molar-refractivity contribution in [3.05, 3.63) is 36.3 Å². The van der Waals surface area contributed by atoms with Gasteiger partial charge in [0.05, 0.1) is 25.0 Å². The molecule has 3 aliphatic rings. The lowest BCUT2D eigenvalue weighted by Crippen LogP contribution is -2.54. The van der Waals surface area contributed by atoms with Gasteiger partial charge < -0.3 is 25.7 Å². The molecule has 29 heavy (non-hydrogen) atoms. The fourth-order valence-corrected chi connectivity index (χ4v) is 6.88. The normalized spacial score (nSPS) is 45.3. The molecular weight excluding hydrogens is 364 g/mol. The molecule has 0 radical (unpaired) electrons. The minimum absolute atomic E-state index is 0.0715. The van der Waals surface area contributed by atoms with Crippen LogP contribution < -0.4 is 11.1 Å². The molecule has 0 aliphatic heterocycles. The molecule has 0 bridgehead atoms. The molecule has 5 nitrogen and oxygen atoms in total. The van der Waals surface area contributed by atoms with Crippen LogP contribution in [-0.4, -0.2) is 35.0 Å². The van der Waals surface area contributed by atoms with Crippen molar-refractivity contribution in [2.45, 2.75) is 77.2 Å². The van der Waals surface area contributed by atoms with Gasteiger partial charge in [0.25, 0.3) is 0 Å². The van der Waals surface area contributed by atoms with Gasteiger partial charge in [-0.25, -0.2) is 0 Å². The summed E-state index contributed by atoms with van der Waals surface area (Å²) >= 11 is 0. The first-order valence-electron chi connectivity index (χ1n) is 11.3. The quantitative estimate of drug-likeness (QED) is 0.568. The molecule has 1 aromatic heterocycles. The molecule has 1 aromatic rings. The lowest BCUT2D eigenvalue weighted by Gasteiger charge is -2.55. The van der Waals surface area contributed by atoms with Gasteiger partial charge in [0.15, 0.2) is 0 Å². The lowest BCUT2D eigenvalue weighted by atomic mass is 9.51. The molecule has 0 spiro atoms. The predicted octanol–water partition coefficient (Wildman–Crippen LogP) is 3.22. The molecule has 162 valence electrons. The number of furan rings is 1. The summed E-state index contributed by atoms with van der Waals surface area (Å²) in [5, 5.41) is 24.7. The van der Waals surface area contributed by atoms with Crippen LogP contribution in [-0.2, 0) is 6.54 Å². The number of aliphatic hydroxyl groups excluding tert-OH is 2. The fraction of sp³-hybridized carbons (Fsp3) is 0.750. The van der Waals surface area contributed by atoms with Crippen LogP contribution in [0.1, 0.15) is 58.1 Å². The largest absolute Gasteiger partial charge is 0.468 e. The minimum atomic E-state index is -0.452. The molecule has 8 atom stereocenters. The van der Waals surface area contributed by atoms with Crippen LogP contribution in [0.2, 0.25) is 0 Å². The van der Waals surface area contributed by atoms with Gasteiger partial charge in [0, 0.05) is 6.04 Å². The van der Waals surface area contributed by atoms with E-state index in [2.05, 4.69) is 25.7 Å². The van der Waals surface area contributed by atoms with Crippen LogP contribution in [0, 0.1) is 28.6 Å². The van der Waals surface area contributed by atoms with E-state index in [0.717, 1.165) is 44.4 Å². The highest BCUT2D eigenvalue weighted by molar-refractivity contribution is 5.26. The van der Waals surface area contributed by atoms with Crippen LogP contribution in [0.4, 0.5) is 0 Å². The Kier molecular flexibility index (Phi) is 5.71. The Labute approximate surface area is 174 Å². The summed E-state index contributed by atoms with van der Waals surface area (Å²) in [6.07, 6.45) is 6.19. The zero-order chi connectivity index (χ0) is 20.8. The van der Waals surface area contributed by atoms with Gasteiger partial charge >= 0.3 is 0 Å². The Balaban J connectivity index is 1.58.